The predicted molar refractivity (Wildman–Crippen MR) is 83.9 cm³/mol. The van der Waals surface area contributed by atoms with Gasteiger partial charge in [0.15, 0.2) is 0 Å². The van der Waals surface area contributed by atoms with Gasteiger partial charge < -0.3 is 4.90 Å². The zero-order valence-corrected chi connectivity index (χ0v) is 13.4. The third kappa shape index (κ3) is 1.50. The molecule has 4 atom stereocenters. The summed E-state index contributed by atoms with van der Waals surface area (Å²) in [5.74, 6) is 5.51. The highest BCUT2D eigenvalue weighted by Crippen LogP contribution is 2.60. The molecule has 0 aromatic rings. The number of carbonyl (C=O) groups excluding carboxylic acids is 1. The van der Waals surface area contributed by atoms with Crippen molar-refractivity contribution in [3.05, 3.63) is 0 Å². The molecule has 2 nitrogen and oxygen atoms in total. The molecular formula is C18H25NOS. The first kappa shape index (κ1) is 12.3. The molecule has 3 heteroatoms. The van der Waals surface area contributed by atoms with E-state index in [2.05, 4.69) is 16.7 Å². The summed E-state index contributed by atoms with van der Waals surface area (Å²) in [7, 11) is 0. The fourth-order valence-electron chi connectivity index (χ4n) is 7.53. The summed E-state index contributed by atoms with van der Waals surface area (Å²) < 4.78 is 0. The van der Waals surface area contributed by atoms with Gasteiger partial charge >= 0.3 is 0 Å². The van der Waals surface area contributed by atoms with Crippen molar-refractivity contribution in [3.63, 3.8) is 0 Å². The number of carbonyl (C=O) groups is 1. The van der Waals surface area contributed by atoms with Crippen LogP contribution in [-0.4, -0.2) is 33.9 Å². The molecule has 6 bridgehead atoms. The number of thioether (sulfide) groups is 1. The lowest BCUT2D eigenvalue weighted by Gasteiger charge is -2.56. The van der Waals surface area contributed by atoms with Crippen molar-refractivity contribution in [2.24, 2.45) is 35.5 Å². The Morgan fingerprint density at radius 3 is 2.24 bits per heavy atom. The molecule has 21 heavy (non-hydrogen) atoms. The molecule has 0 radical (unpaired) electrons. The number of amides is 1. The van der Waals surface area contributed by atoms with E-state index in [9.17, 15) is 4.79 Å². The highest BCUT2D eigenvalue weighted by Gasteiger charge is 2.60. The van der Waals surface area contributed by atoms with E-state index in [1.807, 2.05) is 0 Å². The third-order valence-corrected chi connectivity index (χ3v) is 9.75. The minimum Gasteiger partial charge on any atom is -0.339 e. The van der Waals surface area contributed by atoms with Crippen LogP contribution in [0.25, 0.3) is 0 Å². The lowest BCUT2D eigenvalue weighted by atomic mass is 9.54. The summed E-state index contributed by atoms with van der Waals surface area (Å²) in [6.45, 7) is 1.13. The fourth-order valence-corrected chi connectivity index (χ4v) is 9.47. The maximum absolute atomic E-state index is 13.1. The highest BCUT2D eigenvalue weighted by atomic mass is 32.2. The molecule has 7 aliphatic rings. The SMILES string of the molecule is O=C1C2C3CCC(S3)C2CN1C1C2CC3CC(C2)CC1C3. The first-order chi connectivity index (χ1) is 10.3. The van der Waals surface area contributed by atoms with Gasteiger partial charge in [-0.1, -0.05) is 0 Å². The first-order valence-electron chi connectivity index (χ1n) is 9.24. The van der Waals surface area contributed by atoms with E-state index in [4.69, 9.17) is 0 Å². The number of hydrogen-bond acceptors (Lipinski definition) is 2. The van der Waals surface area contributed by atoms with Crippen LogP contribution in [0.1, 0.15) is 44.9 Å². The Morgan fingerprint density at radius 1 is 0.905 bits per heavy atom. The summed E-state index contributed by atoms with van der Waals surface area (Å²) in [5, 5.41) is 1.51. The van der Waals surface area contributed by atoms with Crippen LogP contribution in [0, 0.1) is 35.5 Å². The second kappa shape index (κ2) is 4.01. The van der Waals surface area contributed by atoms with E-state index in [0.717, 1.165) is 41.4 Å². The molecule has 1 amide bonds. The average Bonchev–Trinajstić information content (AvgIpc) is 3.12. The van der Waals surface area contributed by atoms with Gasteiger partial charge in [0.05, 0.1) is 5.92 Å². The molecule has 7 fully saturated rings. The average molecular weight is 303 g/mol. The number of nitrogens with zero attached hydrogens (tertiary/aromatic N) is 1. The molecule has 0 N–H and O–H groups in total. The van der Waals surface area contributed by atoms with Crippen LogP contribution in [0.4, 0.5) is 0 Å². The van der Waals surface area contributed by atoms with Crippen molar-refractivity contribution in [2.45, 2.75) is 61.5 Å². The molecule has 4 unspecified atom stereocenters. The van der Waals surface area contributed by atoms with Crippen molar-refractivity contribution >= 4 is 17.7 Å². The van der Waals surface area contributed by atoms with E-state index in [1.165, 1.54) is 44.9 Å². The minimum absolute atomic E-state index is 0.422. The maximum atomic E-state index is 13.1. The maximum Gasteiger partial charge on any atom is 0.227 e. The summed E-state index contributed by atoms with van der Waals surface area (Å²) in [6.07, 6.45) is 9.99. The van der Waals surface area contributed by atoms with E-state index in [0.29, 0.717) is 23.1 Å². The standard InChI is InChI=1S/C18H25NOS/c20-18-16-13(14-1-2-15(16)21-14)8-19(18)17-11-4-9-3-10(6-11)7-12(17)5-9/h9-17H,1-8H2. The largest absolute Gasteiger partial charge is 0.339 e. The highest BCUT2D eigenvalue weighted by molar-refractivity contribution is 8.01. The van der Waals surface area contributed by atoms with Gasteiger partial charge in [-0.15, -0.1) is 0 Å². The van der Waals surface area contributed by atoms with Gasteiger partial charge in [0.1, 0.15) is 0 Å². The molecule has 7 rings (SSSR count). The lowest BCUT2D eigenvalue weighted by Crippen LogP contribution is -2.56. The number of fused-ring (bicyclic) bond motifs is 5. The number of hydrogen-bond donors (Lipinski definition) is 0. The van der Waals surface area contributed by atoms with Gasteiger partial charge in [0.2, 0.25) is 5.91 Å². The van der Waals surface area contributed by atoms with Crippen LogP contribution in [0.15, 0.2) is 0 Å². The summed E-state index contributed by atoms with van der Waals surface area (Å²) in [5.41, 5.74) is 0. The zero-order valence-electron chi connectivity index (χ0n) is 12.6. The zero-order chi connectivity index (χ0) is 13.7. The molecule has 4 saturated carbocycles. The van der Waals surface area contributed by atoms with Crippen molar-refractivity contribution in [2.75, 3.05) is 6.54 Å². The number of rotatable bonds is 1. The molecule has 3 saturated heterocycles. The Balaban J connectivity index is 1.32. The molecule has 4 aliphatic carbocycles. The Labute approximate surface area is 131 Å². The lowest BCUT2D eigenvalue weighted by molar-refractivity contribution is -0.141. The first-order valence-corrected chi connectivity index (χ1v) is 10.2. The smallest absolute Gasteiger partial charge is 0.227 e. The van der Waals surface area contributed by atoms with Crippen molar-refractivity contribution in [1.29, 1.82) is 0 Å². The monoisotopic (exact) mass is 303 g/mol. The fraction of sp³-hybridized carbons (Fsp3) is 0.944. The topological polar surface area (TPSA) is 20.3 Å². The Hall–Kier alpha value is -0.180. The van der Waals surface area contributed by atoms with Gasteiger partial charge in [-0.2, -0.15) is 11.8 Å². The van der Waals surface area contributed by atoms with Crippen LogP contribution >= 0.6 is 11.8 Å². The van der Waals surface area contributed by atoms with E-state index < -0.39 is 0 Å². The normalized spacial score (nSPS) is 60.1. The van der Waals surface area contributed by atoms with Gasteiger partial charge in [-0.25, -0.2) is 0 Å². The second-order valence-corrected chi connectivity index (χ2v) is 10.4. The Morgan fingerprint density at radius 2 is 1.57 bits per heavy atom. The quantitative estimate of drug-likeness (QED) is 0.741. The van der Waals surface area contributed by atoms with E-state index in [-0.39, 0.29) is 0 Å². The summed E-state index contributed by atoms with van der Waals surface area (Å²) >= 11 is 2.16. The van der Waals surface area contributed by atoms with Crippen LogP contribution in [-0.2, 0) is 4.79 Å². The van der Waals surface area contributed by atoms with E-state index in [1.54, 1.807) is 0 Å². The van der Waals surface area contributed by atoms with Gasteiger partial charge in [0, 0.05) is 29.0 Å². The predicted octanol–water partition coefficient (Wildman–Crippen LogP) is 3.16. The minimum atomic E-state index is 0.422. The molecular weight excluding hydrogens is 278 g/mol. The Bertz CT molecular complexity index is 477. The van der Waals surface area contributed by atoms with Crippen LogP contribution in [0.2, 0.25) is 0 Å². The summed E-state index contributed by atoms with van der Waals surface area (Å²) in [4.78, 5) is 15.6. The van der Waals surface area contributed by atoms with Gasteiger partial charge in [-0.05, 0) is 68.6 Å². The van der Waals surface area contributed by atoms with E-state index >= 15 is 0 Å². The van der Waals surface area contributed by atoms with Crippen molar-refractivity contribution in [1.82, 2.24) is 4.90 Å². The van der Waals surface area contributed by atoms with Crippen LogP contribution in [0.3, 0.4) is 0 Å². The second-order valence-electron chi connectivity index (χ2n) is 8.89. The van der Waals surface area contributed by atoms with Gasteiger partial charge in [0.25, 0.3) is 0 Å². The molecule has 0 spiro atoms. The van der Waals surface area contributed by atoms with Crippen LogP contribution < -0.4 is 0 Å². The van der Waals surface area contributed by atoms with Crippen LogP contribution in [0.5, 0.6) is 0 Å². The number of likely N-dealkylation sites (tertiary alicyclic amines) is 1. The van der Waals surface area contributed by atoms with Gasteiger partial charge in [-0.3, -0.25) is 4.79 Å². The van der Waals surface area contributed by atoms with Crippen molar-refractivity contribution < 1.29 is 4.79 Å². The summed E-state index contributed by atoms with van der Waals surface area (Å²) in [6, 6.07) is 0.653. The molecule has 0 aromatic heterocycles. The van der Waals surface area contributed by atoms with Crippen molar-refractivity contribution in [3.8, 4) is 0 Å². The molecule has 3 aliphatic heterocycles. The molecule has 0 aromatic carbocycles. The third-order valence-electron chi connectivity index (χ3n) is 7.94. The molecule has 114 valence electrons. The Kier molecular flexibility index (Phi) is 2.34. The molecule has 3 heterocycles.